The van der Waals surface area contributed by atoms with Crippen LogP contribution >= 0.6 is 11.8 Å². The van der Waals surface area contributed by atoms with E-state index < -0.39 is 0 Å². The minimum absolute atomic E-state index is 0.140. The van der Waals surface area contributed by atoms with Crippen molar-refractivity contribution in [3.05, 3.63) is 53.8 Å². The van der Waals surface area contributed by atoms with Crippen molar-refractivity contribution in [3.63, 3.8) is 0 Å². The Morgan fingerprint density at radius 3 is 2.79 bits per heavy atom. The molecule has 2 aliphatic heterocycles. The summed E-state index contributed by atoms with van der Waals surface area (Å²) in [7, 11) is 0. The van der Waals surface area contributed by atoms with E-state index >= 15 is 0 Å². The number of rotatable bonds is 7. The molecule has 3 heterocycles. The van der Waals surface area contributed by atoms with Gasteiger partial charge in [-0.1, -0.05) is 23.9 Å². The first kappa shape index (κ1) is 21.5. The van der Waals surface area contributed by atoms with E-state index in [1.54, 1.807) is 16.7 Å². The van der Waals surface area contributed by atoms with Gasteiger partial charge in [0, 0.05) is 19.6 Å². The van der Waals surface area contributed by atoms with Gasteiger partial charge in [0.1, 0.15) is 5.82 Å². The average Bonchev–Trinajstić information content (AvgIpc) is 3.48. The van der Waals surface area contributed by atoms with E-state index in [0.717, 1.165) is 5.56 Å². The van der Waals surface area contributed by atoms with Crippen LogP contribution in [-0.4, -0.2) is 59.5 Å². The number of hydrogen-bond acceptors (Lipinski definition) is 8. The fraction of sp³-hybridized carbons (Fsp3) is 0.318. The van der Waals surface area contributed by atoms with Gasteiger partial charge >= 0.3 is 0 Å². The molecule has 3 aromatic rings. The molecule has 0 bridgehead atoms. The Labute approximate surface area is 193 Å². The Bertz CT molecular complexity index is 1150. The van der Waals surface area contributed by atoms with Gasteiger partial charge in [0.05, 0.1) is 24.7 Å². The number of thioether (sulfide) groups is 1. The Morgan fingerprint density at radius 1 is 1.09 bits per heavy atom. The maximum atomic E-state index is 13.9. The first-order chi connectivity index (χ1) is 16.2. The van der Waals surface area contributed by atoms with Crippen molar-refractivity contribution in [2.45, 2.75) is 11.7 Å². The number of benzene rings is 2. The highest BCUT2D eigenvalue weighted by Crippen LogP contribution is 2.32. The van der Waals surface area contributed by atoms with Crippen molar-refractivity contribution in [2.75, 3.05) is 43.7 Å². The molecule has 1 fully saturated rings. The molecule has 1 saturated heterocycles. The molecule has 172 valence electrons. The van der Waals surface area contributed by atoms with Crippen LogP contribution < -0.4 is 19.7 Å². The third kappa shape index (κ3) is 4.88. The molecule has 1 N–H and O–H groups in total. The van der Waals surface area contributed by atoms with Crippen LogP contribution in [0.5, 0.6) is 11.5 Å². The van der Waals surface area contributed by atoms with Gasteiger partial charge in [-0.2, -0.15) is 0 Å². The van der Waals surface area contributed by atoms with Crippen molar-refractivity contribution < 1.29 is 23.4 Å². The van der Waals surface area contributed by atoms with Crippen LogP contribution in [0.15, 0.2) is 47.6 Å². The molecule has 2 aliphatic rings. The number of anilines is 1. The van der Waals surface area contributed by atoms with Gasteiger partial charge in [0.15, 0.2) is 16.7 Å². The van der Waals surface area contributed by atoms with Gasteiger partial charge in [-0.15, -0.1) is 10.2 Å². The number of amides is 1. The summed E-state index contributed by atoms with van der Waals surface area (Å²) < 4.78 is 31.8. The van der Waals surface area contributed by atoms with Crippen LogP contribution in [0.4, 0.5) is 10.3 Å². The number of halogens is 1. The normalized spacial score (nSPS) is 15.0. The summed E-state index contributed by atoms with van der Waals surface area (Å²) in [5.74, 6) is 1.61. The lowest BCUT2D eigenvalue weighted by molar-refractivity contribution is -0.118. The van der Waals surface area contributed by atoms with Gasteiger partial charge in [0.2, 0.25) is 18.6 Å². The highest BCUT2D eigenvalue weighted by molar-refractivity contribution is 7.99. The summed E-state index contributed by atoms with van der Waals surface area (Å²) in [6.07, 6.45) is 0. The molecule has 1 aromatic heterocycles. The monoisotopic (exact) mass is 471 g/mol. The number of nitrogens with one attached hydrogen (secondary N) is 1. The van der Waals surface area contributed by atoms with Gasteiger partial charge < -0.3 is 24.4 Å². The standard InChI is InChI=1S/C22H22FN5O4S/c23-16-2-1-3-17(11-16)28-21(27-6-8-30-9-7-27)25-26-22(28)33-13-20(29)24-12-15-4-5-18-19(10-15)32-14-31-18/h1-5,10-11H,6-9,12-14H2,(H,24,29). The molecule has 2 aromatic carbocycles. The van der Waals surface area contributed by atoms with E-state index in [1.165, 1.54) is 23.9 Å². The van der Waals surface area contributed by atoms with Crippen LogP contribution in [-0.2, 0) is 16.1 Å². The van der Waals surface area contributed by atoms with Gasteiger partial charge in [-0.05, 0) is 35.9 Å². The molecule has 0 atom stereocenters. The molecule has 0 saturated carbocycles. The fourth-order valence-electron chi connectivity index (χ4n) is 3.60. The maximum Gasteiger partial charge on any atom is 0.232 e. The van der Waals surface area contributed by atoms with E-state index in [-0.39, 0.29) is 24.3 Å². The molecular formula is C22H22FN5O4S. The third-order valence-electron chi connectivity index (χ3n) is 5.24. The molecule has 0 spiro atoms. The number of nitrogens with zero attached hydrogens (tertiary/aromatic N) is 4. The van der Waals surface area contributed by atoms with Gasteiger partial charge in [-0.25, -0.2) is 4.39 Å². The molecular weight excluding hydrogens is 449 g/mol. The lowest BCUT2D eigenvalue weighted by atomic mass is 10.2. The number of carbonyl (C=O) groups is 1. The molecule has 11 heteroatoms. The summed E-state index contributed by atoms with van der Waals surface area (Å²) in [5.41, 5.74) is 1.51. The topological polar surface area (TPSA) is 90.7 Å². The number of aromatic nitrogens is 3. The average molecular weight is 472 g/mol. The second-order valence-corrected chi connectivity index (χ2v) is 8.39. The molecule has 5 rings (SSSR count). The molecule has 0 aliphatic carbocycles. The van der Waals surface area contributed by atoms with Crippen LogP contribution in [0.1, 0.15) is 5.56 Å². The SMILES string of the molecule is O=C(CSc1nnc(N2CCOCC2)n1-c1cccc(F)c1)NCc1ccc2c(c1)OCO2. The summed E-state index contributed by atoms with van der Waals surface area (Å²) in [4.78, 5) is 14.5. The Morgan fingerprint density at radius 2 is 1.94 bits per heavy atom. The van der Waals surface area contributed by atoms with Crippen LogP contribution in [0, 0.1) is 5.82 Å². The van der Waals surface area contributed by atoms with Gasteiger partial charge in [0.25, 0.3) is 0 Å². The van der Waals surface area contributed by atoms with Crippen molar-refractivity contribution >= 4 is 23.6 Å². The van der Waals surface area contributed by atoms with Crippen molar-refractivity contribution in [1.82, 2.24) is 20.1 Å². The summed E-state index contributed by atoms with van der Waals surface area (Å²) in [6.45, 7) is 3.07. The molecule has 0 radical (unpaired) electrons. The molecule has 9 nitrogen and oxygen atoms in total. The van der Waals surface area contributed by atoms with E-state index in [4.69, 9.17) is 14.2 Å². The minimum atomic E-state index is -0.355. The van der Waals surface area contributed by atoms with E-state index in [2.05, 4.69) is 15.5 Å². The molecule has 0 unspecified atom stereocenters. The maximum absolute atomic E-state index is 13.9. The lowest BCUT2D eigenvalue weighted by Gasteiger charge is -2.27. The van der Waals surface area contributed by atoms with Crippen molar-refractivity contribution in [3.8, 4) is 17.2 Å². The summed E-state index contributed by atoms with van der Waals surface area (Å²) >= 11 is 1.25. The quantitative estimate of drug-likeness (QED) is 0.526. The van der Waals surface area contributed by atoms with Gasteiger partial charge in [-0.3, -0.25) is 9.36 Å². The van der Waals surface area contributed by atoms with Crippen molar-refractivity contribution in [2.24, 2.45) is 0 Å². The number of carbonyl (C=O) groups excluding carboxylic acids is 1. The smallest absolute Gasteiger partial charge is 0.232 e. The van der Waals surface area contributed by atoms with Crippen molar-refractivity contribution in [1.29, 1.82) is 0 Å². The summed E-state index contributed by atoms with van der Waals surface area (Å²) in [5, 5.41) is 12.0. The number of fused-ring (bicyclic) bond motifs is 1. The van der Waals surface area contributed by atoms with Crippen LogP contribution in [0.2, 0.25) is 0 Å². The number of morpholine rings is 1. The zero-order chi connectivity index (χ0) is 22.6. The zero-order valence-corrected chi connectivity index (χ0v) is 18.5. The second-order valence-electron chi connectivity index (χ2n) is 7.45. The Kier molecular flexibility index (Phi) is 6.31. The predicted octanol–water partition coefficient (Wildman–Crippen LogP) is 2.38. The highest BCUT2D eigenvalue weighted by atomic mass is 32.2. The fourth-order valence-corrected chi connectivity index (χ4v) is 4.37. The summed E-state index contributed by atoms with van der Waals surface area (Å²) in [6, 6.07) is 11.8. The van der Waals surface area contributed by atoms with E-state index in [9.17, 15) is 9.18 Å². The van der Waals surface area contributed by atoms with E-state index in [1.807, 2.05) is 23.1 Å². The third-order valence-corrected chi connectivity index (χ3v) is 6.16. The first-order valence-electron chi connectivity index (χ1n) is 10.5. The lowest BCUT2D eigenvalue weighted by Crippen LogP contribution is -2.37. The first-order valence-corrected chi connectivity index (χ1v) is 11.5. The molecule has 1 amide bonds. The minimum Gasteiger partial charge on any atom is -0.454 e. The predicted molar refractivity (Wildman–Crippen MR) is 119 cm³/mol. The molecule has 33 heavy (non-hydrogen) atoms. The Balaban J connectivity index is 1.27. The largest absolute Gasteiger partial charge is 0.454 e. The van der Waals surface area contributed by atoms with Crippen LogP contribution in [0.25, 0.3) is 5.69 Å². The van der Waals surface area contributed by atoms with Crippen LogP contribution in [0.3, 0.4) is 0 Å². The van der Waals surface area contributed by atoms with E-state index in [0.29, 0.717) is 61.1 Å². The Hall–Kier alpha value is -3.31. The number of hydrogen-bond donors (Lipinski definition) is 1. The highest BCUT2D eigenvalue weighted by Gasteiger charge is 2.22. The zero-order valence-electron chi connectivity index (χ0n) is 17.7. The number of ether oxygens (including phenoxy) is 3. The second kappa shape index (κ2) is 9.67.